The molecule has 94 valence electrons. The molecule has 0 atom stereocenters. The van der Waals surface area contributed by atoms with Crippen molar-refractivity contribution in [2.75, 3.05) is 0 Å². The van der Waals surface area contributed by atoms with E-state index in [1.54, 1.807) is 0 Å². The highest BCUT2D eigenvalue weighted by molar-refractivity contribution is 6.59. The van der Waals surface area contributed by atoms with E-state index in [-0.39, 0.29) is 11.4 Å². The number of rotatable bonds is 2. The Hall–Kier alpha value is -1.87. The smallest absolute Gasteiger partial charge is 0.423 e. The molecule has 5 nitrogen and oxygen atoms in total. The number of benzene rings is 1. The molecule has 0 bridgehead atoms. The van der Waals surface area contributed by atoms with Crippen LogP contribution in [0, 0.1) is 0 Å². The lowest BCUT2D eigenvalue weighted by atomic mass is 9.76. The van der Waals surface area contributed by atoms with Crippen LogP contribution in [0.3, 0.4) is 0 Å². The summed E-state index contributed by atoms with van der Waals surface area (Å²) in [5, 5.41) is 21.2. The Bertz CT molecular complexity index is 542. The maximum atomic E-state index is 12.7. The van der Waals surface area contributed by atoms with Crippen molar-refractivity contribution in [1.82, 2.24) is 10.1 Å². The van der Waals surface area contributed by atoms with Gasteiger partial charge in [-0.15, -0.1) is 0 Å². The van der Waals surface area contributed by atoms with Crippen LogP contribution in [0.4, 0.5) is 13.2 Å². The third-order valence-corrected chi connectivity index (χ3v) is 2.26. The highest BCUT2D eigenvalue weighted by Crippen LogP contribution is 2.30. The second-order valence-electron chi connectivity index (χ2n) is 3.43. The summed E-state index contributed by atoms with van der Waals surface area (Å²) in [6, 6.07) is 2.94. The predicted molar refractivity (Wildman–Crippen MR) is 54.6 cm³/mol. The Balaban J connectivity index is 2.56. The van der Waals surface area contributed by atoms with E-state index in [0.717, 1.165) is 18.5 Å². The first kappa shape index (κ1) is 12.6. The number of alkyl halides is 3. The molecule has 18 heavy (non-hydrogen) atoms. The fourth-order valence-corrected chi connectivity index (χ4v) is 1.46. The van der Waals surface area contributed by atoms with Crippen molar-refractivity contribution in [3.63, 3.8) is 0 Å². The van der Waals surface area contributed by atoms with Crippen molar-refractivity contribution in [2.45, 2.75) is 6.18 Å². The minimum atomic E-state index is -4.71. The van der Waals surface area contributed by atoms with Crippen LogP contribution >= 0.6 is 0 Å². The zero-order chi connectivity index (χ0) is 13.3. The SMILES string of the molecule is OB(O)c1ccc(-c2ncon2)cc1C(F)(F)F. The lowest BCUT2D eigenvalue weighted by Crippen LogP contribution is -2.36. The lowest BCUT2D eigenvalue weighted by Gasteiger charge is -2.13. The van der Waals surface area contributed by atoms with Crippen molar-refractivity contribution < 1.29 is 27.7 Å². The van der Waals surface area contributed by atoms with Crippen molar-refractivity contribution in [3.8, 4) is 11.4 Å². The van der Waals surface area contributed by atoms with E-state index in [0.29, 0.717) is 0 Å². The van der Waals surface area contributed by atoms with Gasteiger partial charge in [-0.3, -0.25) is 0 Å². The zero-order valence-electron chi connectivity index (χ0n) is 8.72. The molecule has 2 aromatic rings. The Morgan fingerprint density at radius 1 is 1.22 bits per heavy atom. The molecular weight excluding hydrogens is 252 g/mol. The number of aromatic nitrogens is 2. The summed E-state index contributed by atoms with van der Waals surface area (Å²) in [7, 11) is -2.21. The molecule has 0 aliphatic carbocycles. The van der Waals surface area contributed by atoms with Gasteiger partial charge in [0.25, 0.3) is 0 Å². The van der Waals surface area contributed by atoms with Crippen molar-refractivity contribution >= 4 is 12.6 Å². The molecule has 0 unspecified atom stereocenters. The normalized spacial score (nSPS) is 11.6. The molecule has 0 fully saturated rings. The monoisotopic (exact) mass is 258 g/mol. The molecule has 1 heterocycles. The van der Waals surface area contributed by atoms with Gasteiger partial charge in [0, 0.05) is 5.56 Å². The number of hydrogen-bond acceptors (Lipinski definition) is 5. The van der Waals surface area contributed by atoms with Crippen LogP contribution in [0.5, 0.6) is 0 Å². The molecule has 0 aliphatic heterocycles. The molecule has 2 rings (SSSR count). The average molecular weight is 258 g/mol. The van der Waals surface area contributed by atoms with Crippen LogP contribution in [-0.2, 0) is 6.18 Å². The minimum Gasteiger partial charge on any atom is -0.423 e. The number of nitrogens with zero attached hydrogens (tertiary/aromatic N) is 2. The van der Waals surface area contributed by atoms with Gasteiger partial charge >= 0.3 is 13.3 Å². The van der Waals surface area contributed by atoms with Gasteiger partial charge in [0.2, 0.25) is 12.2 Å². The second kappa shape index (κ2) is 4.43. The summed E-state index contributed by atoms with van der Waals surface area (Å²) in [5.74, 6) is -0.0144. The van der Waals surface area contributed by atoms with E-state index >= 15 is 0 Å². The average Bonchev–Trinajstić information content (AvgIpc) is 2.80. The van der Waals surface area contributed by atoms with E-state index in [9.17, 15) is 13.2 Å². The number of hydrogen-bond donors (Lipinski definition) is 2. The highest BCUT2D eigenvalue weighted by atomic mass is 19.4. The fraction of sp³-hybridized carbons (Fsp3) is 0.111. The summed E-state index contributed by atoms with van der Waals surface area (Å²) in [6.07, 6.45) is -3.73. The summed E-state index contributed by atoms with van der Waals surface area (Å²) >= 11 is 0. The first-order chi connectivity index (χ1) is 8.39. The van der Waals surface area contributed by atoms with Crippen LogP contribution in [-0.4, -0.2) is 27.3 Å². The molecule has 0 amide bonds. The topological polar surface area (TPSA) is 79.4 Å². The predicted octanol–water partition coefficient (Wildman–Crippen LogP) is 0.435. The summed E-state index contributed by atoms with van der Waals surface area (Å²) in [6.45, 7) is 0. The first-order valence-electron chi connectivity index (χ1n) is 4.73. The molecule has 9 heteroatoms. The van der Waals surface area contributed by atoms with E-state index < -0.39 is 24.3 Å². The summed E-state index contributed by atoms with van der Waals surface area (Å²) < 4.78 is 42.7. The van der Waals surface area contributed by atoms with Crippen LogP contribution in [0.15, 0.2) is 29.1 Å². The highest BCUT2D eigenvalue weighted by Gasteiger charge is 2.36. The Morgan fingerprint density at radius 2 is 1.94 bits per heavy atom. The quantitative estimate of drug-likeness (QED) is 0.764. The molecule has 2 N–H and O–H groups in total. The molecule has 0 saturated carbocycles. The van der Waals surface area contributed by atoms with E-state index in [1.165, 1.54) is 6.07 Å². The molecule has 0 radical (unpaired) electrons. The maximum absolute atomic E-state index is 12.7. The molecule has 1 aromatic carbocycles. The van der Waals surface area contributed by atoms with Gasteiger partial charge in [-0.2, -0.15) is 18.2 Å². The summed E-state index contributed by atoms with van der Waals surface area (Å²) in [4.78, 5) is 3.61. The molecule has 0 saturated heterocycles. The van der Waals surface area contributed by atoms with Gasteiger partial charge in [-0.1, -0.05) is 17.3 Å². The molecule has 0 aliphatic rings. The van der Waals surface area contributed by atoms with Gasteiger partial charge in [-0.25, -0.2) is 0 Å². The van der Waals surface area contributed by atoms with Crippen molar-refractivity contribution in [1.29, 1.82) is 0 Å². The maximum Gasteiger partial charge on any atom is 0.489 e. The third kappa shape index (κ3) is 2.36. The third-order valence-electron chi connectivity index (χ3n) is 2.26. The molecular formula is C9H6BF3N2O3. The Kier molecular flexibility index (Phi) is 3.10. The van der Waals surface area contributed by atoms with Gasteiger partial charge in [-0.05, 0) is 11.5 Å². The van der Waals surface area contributed by atoms with Gasteiger partial charge in [0.1, 0.15) is 0 Å². The van der Waals surface area contributed by atoms with Gasteiger partial charge < -0.3 is 14.6 Å². The van der Waals surface area contributed by atoms with E-state index in [2.05, 4.69) is 14.7 Å². The molecule has 0 spiro atoms. The van der Waals surface area contributed by atoms with Crippen LogP contribution in [0.1, 0.15) is 5.56 Å². The second-order valence-corrected chi connectivity index (χ2v) is 3.43. The van der Waals surface area contributed by atoms with Gasteiger partial charge in [0.15, 0.2) is 0 Å². The fourth-order valence-electron chi connectivity index (χ4n) is 1.46. The minimum absolute atomic E-state index is 0.0144. The Morgan fingerprint density at radius 3 is 2.44 bits per heavy atom. The van der Waals surface area contributed by atoms with Crippen molar-refractivity contribution in [2.24, 2.45) is 0 Å². The van der Waals surface area contributed by atoms with Crippen molar-refractivity contribution in [3.05, 3.63) is 30.2 Å². The van der Waals surface area contributed by atoms with Gasteiger partial charge in [0.05, 0.1) is 5.56 Å². The zero-order valence-corrected chi connectivity index (χ0v) is 8.72. The van der Waals surface area contributed by atoms with Crippen LogP contribution in [0.2, 0.25) is 0 Å². The summed E-state index contributed by atoms with van der Waals surface area (Å²) in [5.41, 5.74) is -1.71. The van der Waals surface area contributed by atoms with E-state index in [4.69, 9.17) is 10.0 Å². The standard InChI is InChI=1S/C9H6BF3N2O3/c11-9(12,13)6-3-5(8-14-4-18-15-8)1-2-7(6)10(16)17/h1-4,16-17H. The van der Waals surface area contributed by atoms with Crippen LogP contribution < -0.4 is 5.46 Å². The number of halogens is 3. The Labute approximate surface area is 99.0 Å². The van der Waals surface area contributed by atoms with Crippen LogP contribution in [0.25, 0.3) is 11.4 Å². The van der Waals surface area contributed by atoms with E-state index in [1.807, 2.05) is 0 Å². The first-order valence-corrected chi connectivity index (χ1v) is 4.73. The largest absolute Gasteiger partial charge is 0.489 e. The molecule has 1 aromatic heterocycles. The lowest BCUT2D eigenvalue weighted by molar-refractivity contribution is -0.136.